The van der Waals surface area contributed by atoms with Gasteiger partial charge in [0.2, 0.25) is 0 Å². The first-order valence-electron chi connectivity index (χ1n) is 6.64. The summed E-state index contributed by atoms with van der Waals surface area (Å²) in [5, 5.41) is 12.4. The molecule has 2 aromatic rings. The lowest BCUT2D eigenvalue weighted by Crippen LogP contribution is -2.31. The van der Waals surface area contributed by atoms with Crippen molar-refractivity contribution in [2.45, 2.75) is 19.3 Å². The molecule has 0 spiro atoms. The van der Waals surface area contributed by atoms with E-state index in [1.807, 2.05) is 4.40 Å². The van der Waals surface area contributed by atoms with Gasteiger partial charge in [-0.3, -0.25) is 0 Å². The van der Waals surface area contributed by atoms with Crippen molar-refractivity contribution in [1.82, 2.24) is 14.7 Å². The first kappa shape index (κ1) is 12.2. The van der Waals surface area contributed by atoms with Crippen LogP contribution in [0, 0.1) is 5.92 Å². The van der Waals surface area contributed by atoms with Crippen molar-refractivity contribution in [1.29, 1.82) is 0 Å². The van der Waals surface area contributed by atoms with E-state index in [1.54, 1.807) is 24.5 Å². The lowest BCUT2D eigenvalue weighted by Gasteiger charge is -2.22. The molecule has 5 heteroatoms. The molecule has 1 saturated heterocycles. The Kier molecular flexibility index (Phi) is 3.21. The summed E-state index contributed by atoms with van der Waals surface area (Å²) in [4.78, 5) is 15.5. The van der Waals surface area contributed by atoms with Crippen LogP contribution in [-0.4, -0.2) is 33.6 Å². The van der Waals surface area contributed by atoms with E-state index >= 15 is 0 Å². The van der Waals surface area contributed by atoms with E-state index in [2.05, 4.69) is 10.3 Å². The molecule has 3 rings (SSSR count). The zero-order valence-corrected chi connectivity index (χ0v) is 10.7. The molecule has 0 saturated carbocycles. The third-order valence-corrected chi connectivity index (χ3v) is 3.72. The number of carboxylic acid groups (broad SMARTS) is 1. The second-order valence-corrected chi connectivity index (χ2v) is 5.11. The van der Waals surface area contributed by atoms with Gasteiger partial charge in [-0.2, -0.15) is 0 Å². The van der Waals surface area contributed by atoms with E-state index in [9.17, 15) is 4.79 Å². The summed E-state index contributed by atoms with van der Waals surface area (Å²) in [6.45, 7) is 2.12. The van der Waals surface area contributed by atoms with Gasteiger partial charge in [0.05, 0.1) is 17.3 Å². The second kappa shape index (κ2) is 5.01. The molecule has 1 fully saturated rings. The second-order valence-electron chi connectivity index (χ2n) is 5.11. The van der Waals surface area contributed by atoms with Crippen LogP contribution < -0.4 is 5.32 Å². The predicted octanol–water partition coefficient (Wildman–Crippen LogP) is 1.57. The number of rotatable bonds is 3. The zero-order chi connectivity index (χ0) is 13.2. The molecule has 100 valence electrons. The zero-order valence-electron chi connectivity index (χ0n) is 10.7. The number of aromatic carboxylic acids is 1. The molecule has 0 bridgehead atoms. The Hall–Kier alpha value is -1.88. The summed E-state index contributed by atoms with van der Waals surface area (Å²) in [7, 11) is 0. The van der Waals surface area contributed by atoms with Crippen LogP contribution in [0.5, 0.6) is 0 Å². The summed E-state index contributed by atoms with van der Waals surface area (Å²) in [5.41, 5.74) is 1.25. The molecule has 2 N–H and O–H groups in total. The number of fused-ring (bicyclic) bond motifs is 1. The fraction of sp³-hybridized carbons (Fsp3) is 0.429. The summed E-state index contributed by atoms with van der Waals surface area (Å²) >= 11 is 0. The number of aromatic nitrogens is 2. The summed E-state index contributed by atoms with van der Waals surface area (Å²) in [6.07, 6.45) is 6.77. The Bertz CT molecular complexity index is 600. The van der Waals surface area contributed by atoms with Gasteiger partial charge in [0.25, 0.3) is 0 Å². The number of imidazole rings is 1. The number of carboxylic acids is 1. The predicted molar refractivity (Wildman–Crippen MR) is 71.4 cm³/mol. The van der Waals surface area contributed by atoms with E-state index in [0.717, 1.165) is 30.9 Å². The number of hydrogen-bond donors (Lipinski definition) is 2. The summed E-state index contributed by atoms with van der Waals surface area (Å²) in [5.74, 6) is 0.639. The first-order valence-corrected chi connectivity index (χ1v) is 6.64. The minimum absolute atomic E-state index is 0.300. The largest absolute Gasteiger partial charge is 0.478 e. The van der Waals surface area contributed by atoms with E-state index in [4.69, 9.17) is 5.11 Å². The quantitative estimate of drug-likeness (QED) is 0.878. The van der Waals surface area contributed by atoms with Gasteiger partial charge in [-0.25, -0.2) is 9.78 Å². The maximum atomic E-state index is 11.0. The van der Waals surface area contributed by atoms with Gasteiger partial charge in [-0.05, 0) is 44.0 Å². The highest BCUT2D eigenvalue weighted by Gasteiger charge is 2.16. The molecule has 0 amide bonds. The van der Waals surface area contributed by atoms with Crippen LogP contribution in [0.25, 0.3) is 5.52 Å². The molecular weight excluding hydrogens is 242 g/mol. The number of piperidine rings is 1. The minimum Gasteiger partial charge on any atom is -0.478 e. The molecular formula is C14H17N3O2. The summed E-state index contributed by atoms with van der Waals surface area (Å²) in [6, 6.07) is 3.42. The van der Waals surface area contributed by atoms with E-state index in [1.165, 1.54) is 12.8 Å². The van der Waals surface area contributed by atoms with Crippen molar-refractivity contribution in [3.05, 3.63) is 35.9 Å². The average Bonchev–Trinajstić information content (AvgIpc) is 2.82. The molecule has 1 aliphatic rings. The van der Waals surface area contributed by atoms with Crippen molar-refractivity contribution in [2.24, 2.45) is 5.92 Å². The molecule has 0 radical (unpaired) electrons. The van der Waals surface area contributed by atoms with E-state index < -0.39 is 5.97 Å². The van der Waals surface area contributed by atoms with Gasteiger partial charge in [0.1, 0.15) is 5.82 Å². The smallest absolute Gasteiger partial charge is 0.337 e. The average molecular weight is 259 g/mol. The molecule has 1 aliphatic heterocycles. The first-order chi connectivity index (χ1) is 9.24. The van der Waals surface area contributed by atoms with E-state index in [0.29, 0.717) is 11.5 Å². The SMILES string of the molecule is O=C(O)c1ccc2cnc(CC3CCCNC3)n2c1. The van der Waals surface area contributed by atoms with Crippen LogP contribution in [0.4, 0.5) is 0 Å². The van der Waals surface area contributed by atoms with Gasteiger partial charge >= 0.3 is 5.97 Å². The fourth-order valence-electron chi connectivity index (χ4n) is 2.68. The molecule has 5 nitrogen and oxygen atoms in total. The maximum Gasteiger partial charge on any atom is 0.337 e. The van der Waals surface area contributed by atoms with Crippen LogP contribution in [0.1, 0.15) is 29.0 Å². The Morgan fingerprint density at radius 3 is 3.16 bits per heavy atom. The van der Waals surface area contributed by atoms with Gasteiger partial charge < -0.3 is 14.8 Å². The number of pyridine rings is 1. The normalized spacial score (nSPS) is 19.7. The van der Waals surface area contributed by atoms with Crippen LogP contribution in [0.2, 0.25) is 0 Å². The van der Waals surface area contributed by atoms with Crippen LogP contribution in [0.15, 0.2) is 24.5 Å². The van der Waals surface area contributed by atoms with Crippen molar-refractivity contribution in [3.63, 3.8) is 0 Å². The number of nitrogens with one attached hydrogen (secondary N) is 1. The highest BCUT2D eigenvalue weighted by atomic mass is 16.4. The number of nitrogens with zero attached hydrogens (tertiary/aromatic N) is 2. The van der Waals surface area contributed by atoms with Crippen molar-refractivity contribution in [2.75, 3.05) is 13.1 Å². The van der Waals surface area contributed by atoms with Crippen molar-refractivity contribution >= 4 is 11.5 Å². The highest BCUT2D eigenvalue weighted by Crippen LogP contribution is 2.17. The van der Waals surface area contributed by atoms with Crippen LogP contribution >= 0.6 is 0 Å². The number of carbonyl (C=O) groups is 1. The maximum absolute atomic E-state index is 11.0. The van der Waals surface area contributed by atoms with Crippen molar-refractivity contribution < 1.29 is 9.90 Å². The molecule has 3 heterocycles. The Labute approximate surface area is 111 Å². The third kappa shape index (κ3) is 2.46. The molecule has 0 aromatic carbocycles. The third-order valence-electron chi connectivity index (χ3n) is 3.72. The molecule has 2 aromatic heterocycles. The lowest BCUT2D eigenvalue weighted by atomic mass is 9.96. The molecule has 1 unspecified atom stereocenters. The Morgan fingerprint density at radius 1 is 1.53 bits per heavy atom. The molecule has 1 atom stereocenters. The monoisotopic (exact) mass is 259 g/mol. The van der Waals surface area contributed by atoms with Crippen LogP contribution in [0.3, 0.4) is 0 Å². The number of hydrogen-bond acceptors (Lipinski definition) is 3. The standard InChI is InChI=1S/C14H17N3O2/c18-14(19)11-3-4-12-8-16-13(17(12)9-11)6-10-2-1-5-15-7-10/h3-4,8-10,15H,1-2,5-7H2,(H,18,19). The fourth-order valence-corrected chi connectivity index (χ4v) is 2.68. The van der Waals surface area contributed by atoms with Gasteiger partial charge in [-0.1, -0.05) is 0 Å². The van der Waals surface area contributed by atoms with E-state index in [-0.39, 0.29) is 0 Å². The Balaban J connectivity index is 1.89. The van der Waals surface area contributed by atoms with Gasteiger partial charge in [0.15, 0.2) is 0 Å². The van der Waals surface area contributed by atoms with Crippen molar-refractivity contribution in [3.8, 4) is 0 Å². The highest BCUT2D eigenvalue weighted by molar-refractivity contribution is 5.87. The molecule has 19 heavy (non-hydrogen) atoms. The van der Waals surface area contributed by atoms with Gasteiger partial charge in [-0.15, -0.1) is 0 Å². The summed E-state index contributed by atoms with van der Waals surface area (Å²) < 4.78 is 1.90. The minimum atomic E-state index is -0.902. The lowest BCUT2D eigenvalue weighted by molar-refractivity contribution is 0.0696. The Morgan fingerprint density at radius 2 is 2.42 bits per heavy atom. The molecule has 0 aliphatic carbocycles. The topological polar surface area (TPSA) is 66.6 Å². The van der Waals surface area contributed by atoms with Gasteiger partial charge in [0, 0.05) is 12.6 Å². The van der Waals surface area contributed by atoms with Crippen LogP contribution in [-0.2, 0) is 6.42 Å².